The molecule has 3 atom stereocenters. The number of hydrogen-bond acceptors (Lipinski definition) is 5. The normalized spacial score (nSPS) is 25.8. The molecule has 7 nitrogen and oxygen atoms in total. The molecule has 1 aromatic heterocycles. The Bertz CT molecular complexity index is 634. The molecule has 2 amide bonds. The summed E-state index contributed by atoms with van der Waals surface area (Å²) in [5, 5.41) is 15.6. The molecule has 0 aromatic carbocycles. The molecule has 1 aliphatic carbocycles. The van der Waals surface area contributed by atoms with Gasteiger partial charge in [0.05, 0.1) is 25.2 Å². The highest BCUT2D eigenvalue weighted by atomic mass is 16.5. The monoisotopic (exact) mass is 389 g/mol. The first kappa shape index (κ1) is 20.7. The van der Waals surface area contributed by atoms with Crippen LogP contribution in [0.1, 0.15) is 61.7 Å². The number of pyridine rings is 1. The molecule has 0 bridgehead atoms. The molecular weight excluding hydrogens is 358 g/mol. The summed E-state index contributed by atoms with van der Waals surface area (Å²) in [6.07, 6.45) is 10.3. The van der Waals surface area contributed by atoms with E-state index >= 15 is 0 Å². The molecule has 154 valence electrons. The molecule has 1 saturated heterocycles. The fourth-order valence-electron chi connectivity index (χ4n) is 4.13. The summed E-state index contributed by atoms with van der Waals surface area (Å²) in [6.45, 7) is 0.557. The van der Waals surface area contributed by atoms with Crippen molar-refractivity contribution >= 4 is 11.8 Å². The zero-order valence-electron chi connectivity index (χ0n) is 16.3. The Morgan fingerprint density at radius 2 is 1.86 bits per heavy atom. The summed E-state index contributed by atoms with van der Waals surface area (Å²) in [5.74, 6) is 0.396. The third-order valence-electron chi connectivity index (χ3n) is 5.78. The first-order valence-corrected chi connectivity index (χ1v) is 10.4. The zero-order valence-corrected chi connectivity index (χ0v) is 16.3. The molecule has 2 heterocycles. The molecule has 2 aliphatic rings. The third-order valence-corrected chi connectivity index (χ3v) is 5.78. The first-order chi connectivity index (χ1) is 13.7. The number of aliphatic hydroxyl groups excluding tert-OH is 1. The number of aromatic nitrogens is 1. The molecule has 3 rings (SSSR count). The molecule has 1 aliphatic heterocycles. The van der Waals surface area contributed by atoms with Gasteiger partial charge in [-0.25, -0.2) is 0 Å². The number of rotatable bonds is 7. The van der Waals surface area contributed by atoms with Crippen LogP contribution in [-0.4, -0.2) is 53.3 Å². The smallest absolute Gasteiger partial charge is 0.251 e. The van der Waals surface area contributed by atoms with E-state index < -0.39 is 6.10 Å². The Hall–Kier alpha value is -1.99. The van der Waals surface area contributed by atoms with Crippen molar-refractivity contribution in [3.8, 4) is 0 Å². The minimum atomic E-state index is -0.504. The van der Waals surface area contributed by atoms with Crippen molar-refractivity contribution in [2.75, 3.05) is 13.2 Å². The number of ether oxygens (including phenoxy) is 1. The van der Waals surface area contributed by atoms with Crippen LogP contribution in [0.25, 0.3) is 0 Å². The van der Waals surface area contributed by atoms with Gasteiger partial charge in [0.1, 0.15) is 6.10 Å². The van der Waals surface area contributed by atoms with E-state index in [1.165, 1.54) is 32.1 Å². The number of nitrogens with one attached hydrogen (secondary N) is 2. The van der Waals surface area contributed by atoms with E-state index in [1.807, 2.05) is 0 Å². The predicted octanol–water partition coefficient (Wildman–Crippen LogP) is 1.81. The molecule has 7 heteroatoms. The largest absolute Gasteiger partial charge is 0.394 e. The van der Waals surface area contributed by atoms with Gasteiger partial charge in [-0.05, 0) is 43.7 Å². The van der Waals surface area contributed by atoms with E-state index in [-0.39, 0.29) is 30.6 Å². The standard InChI is InChI=1S/C21H31N3O4/c25-14-19-18(24-21(27)16-8-10-22-11-9-16)7-6-17(28-19)12-20(26)23-13-15-4-2-1-3-5-15/h8-11,15,17-19,25H,1-7,12-14H2,(H,23,26)(H,24,27)/t17-,18-,19-/m1/s1. The minimum absolute atomic E-state index is 0.00605. The van der Waals surface area contributed by atoms with Crippen molar-refractivity contribution in [2.45, 2.75) is 69.6 Å². The lowest BCUT2D eigenvalue weighted by molar-refractivity contribution is -0.131. The maximum atomic E-state index is 12.3. The summed E-state index contributed by atoms with van der Waals surface area (Å²) < 4.78 is 5.91. The number of aliphatic hydroxyl groups is 1. The SMILES string of the molecule is O=C(C[C@H]1CC[C@@H](NC(=O)c2ccncc2)[C@@H](CO)O1)NCC1CCCCC1. The summed E-state index contributed by atoms with van der Waals surface area (Å²) in [5.41, 5.74) is 0.524. The molecule has 3 N–H and O–H groups in total. The van der Waals surface area contributed by atoms with E-state index in [4.69, 9.17) is 4.74 Å². The first-order valence-electron chi connectivity index (χ1n) is 10.4. The van der Waals surface area contributed by atoms with E-state index in [0.29, 0.717) is 30.7 Å². The Morgan fingerprint density at radius 1 is 1.11 bits per heavy atom. The third kappa shape index (κ3) is 6.01. The van der Waals surface area contributed by atoms with Gasteiger partial charge in [-0.15, -0.1) is 0 Å². The van der Waals surface area contributed by atoms with E-state index in [9.17, 15) is 14.7 Å². The van der Waals surface area contributed by atoms with Crippen molar-refractivity contribution in [1.29, 1.82) is 0 Å². The van der Waals surface area contributed by atoms with Gasteiger partial charge >= 0.3 is 0 Å². The number of carbonyl (C=O) groups excluding carboxylic acids is 2. The lowest BCUT2D eigenvalue weighted by Crippen LogP contribution is -2.51. The van der Waals surface area contributed by atoms with Crippen molar-refractivity contribution in [1.82, 2.24) is 15.6 Å². The summed E-state index contributed by atoms with van der Waals surface area (Å²) in [7, 11) is 0. The summed E-state index contributed by atoms with van der Waals surface area (Å²) >= 11 is 0. The van der Waals surface area contributed by atoms with Crippen LogP contribution in [0.3, 0.4) is 0 Å². The van der Waals surface area contributed by atoms with E-state index in [1.54, 1.807) is 24.5 Å². The average molecular weight is 389 g/mol. The topological polar surface area (TPSA) is 101 Å². The van der Waals surface area contributed by atoms with Gasteiger partial charge in [-0.1, -0.05) is 19.3 Å². The summed E-state index contributed by atoms with van der Waals surface area (Å²) in [4.78, 5) is 28.5. The molecular formula is C21H31N3O4. The highest BCUT2D eigenvalue weighted by molar-refractivity contribution is 5.94. The Kier molecular flexibility index (Phi) is 7.80. The fraction of sp³-hybridized carbons (Fsp3) is 0.667. The van der Waals surface area contributed by atoms with Gasteiger partial charge in [0.25, 0.3) is 5.91 Å². The maximum Gasteiger partial charge on any atom is 0.251 e. The van der Waals surface area contributed by atoms with Crippen LogP contribution >= 0.6 is 0 Å². The summed E-state index contributed by atoms with van der Waals surface area (Å²) in [6, 6.07) is 3.02. The maximum absolute atomic E-state index is 12.3. The zero-order chi connectivity index (χ0) is 19.8. The highest BCUT2D eigenvalue weighted by Crippen LogP contribution is 2.24. The average Bonchev–Trinajstić information content (AvgIpc) is 2.74. The Morgan fingerprint density at radius 3 is 2.57 bits per heavy atom. The van der Waals surface area contributed by atoms with Gasteiger partial charge in [-0.3, -0.25) is 14.6 Å². The number of carbonyl (C=O) groups is 2. The van der Waals surface area contributed by atoms with Gasteiger partial charge < -0.3 is 20.5 Å². The van der Waals surface area contributed by atoms with Crippen molar-refractivity contribution in [3.63, 3.8) is 0 Å². The van der Waals surface area contributed by atoms with Crippen LogP contribution in [0.4, 0.5) is 0 Å². The second-order valence-electron chi connectivity index (χ2n) is 7.88. The number of amides is 2. The fourth-order valence-corrected chi connectivity index (χ4v) is 4.13. The van der Waals surface area contributed by atoms with Gasteiger partial charge in [-0.2, -0.15) is 0 Å². The molecule has 28 heavy (non-hydrogen) atoms. The van der Waals surface area contributed by atoms with Crippen molar-refractivity contribution < 1.29 is 19.4 Å². The van der Waals surface area contributed by atoms with Gasteiger partial charge in [0.15, 0.2) is 0 Å². The quantitative estimate of drug-likeness (QED) is 0.660. The lowest BCUT2D eigenvalue weighted by Gasteiger charge is -2.36. The molecule has 1 saturated carbocycles. The second-order valence-corrected chi connectivity index (χ2v) is 7.88. The van der Waals surface area contributed by atoms with Crippen LogP contribution in [0.2, 0.25) is 0 Å². The molecule has 0 radical (unpaired) electrons. The van der Waals surface area contributed by atoms with Crippen LogP contribution < -0.4 is 10.6 Å². The van der Waals surface area contributed by atoms with E-state index in [2.05, 4.69) is 15.6 Å². The van der Waals surface area contributed by atoms with Crippen LogP contribution in [0.5, 0.6) is 0 Å². The molecule has 0 unspecified atom stereocenters. The predicted molar refractivity (Wildman–Crippen MR) is 105 cm³/mol. The molecule has 2 fully saturated rings. The Labute approximate surface area is 166 Å². The number of nitrogens with zero attached hydrogens (tertiary/aromatic N) is 1. The van der Waals surface area contributed by atoms with Crippen LogP contribution in [0.15, 0.2) is 24.5 Å². The molecule has 0 spiro atoms. The Balaban J connectivity index is 1.43. The molecule has 1 aromatic rings. The number of hydrogen-bond donors (Lipinski definition) is 3. The van der Waals surface area contributed by atoms with Crippen molar-refractivity contribution in [3.05, 3.63) is 30.1 Å². The van der Waals surface area contributed by atoms with E-state index in [0.717, 1.165) is 6.54 Å². The minimum Gasteiger partial charge on any atom is -0.394 e. The second kappa shape index (κ2) is 10.5. The van der Waals surface area contributed by atoms with Crippen molar-refractivity contribution in [2.24, 2.45) is 5.92 Å². The van der Waals surface area contributed by atoms with Gasteiger partial charge in [0, 0.05) is 24.5 Å². The van der Waals surface area contributed by atoms with Crippen LogP contribution in [0, 0.1) is 5.92 Å². The highest BCUT2D eigenvalue weighted by Gasteiger charge is 2.33. The van der Waals surface area contributed by atoms with Crippen LogP contribution in [-0.2, 0) is 9.53 Å². The van der Waals surface area contributed by atoms with Gasteiger partial charge in [0.2, 0.25) is 5.91 Å². The lowest BCUT2D eigenvalue weighted by atomic mass is 9.89.